The van der Waals surface area contributed by atoms with Crippen LogP contribution in [0, 0.1) is 0 Å². The number of nitrogens with two attached hydrogens (primary N) is 1. The molecule has 0 radical (unpaired) electrons. The number of rotatable bonds is 1. The van der Waals surface area contributed by atoms with E-state index in [0.29, 0.717) is 5.69 Å². The summed E-state index contributed by atoms with van der Waals surface area (Å²) in [6.07, 6.45) is 1.34. The van der Waals surface area contributed by atoms with Gasteiger partial charge in [0.05, 0.1) is 0 Å². The number of hydrogen-bond acceptors (Lipinski definition) is 4. The summed E-state index contributed by atoms with van der Waals surface area (Å²) in [4.78, 5) is 0. The van der Waals surface area contributed by atoms with Gasteiger partial charge in [0.2, 0.25) is 0 Å². The third-order valence-corrected chi connectivity index (χ3v) is 0.808. The first kappa shape index (κ1) is 5.61. The second kappa shape index (κ2) is 2.17. The number of amidine groups is 1. The van der Waals surface area contributed by atoms with Crippen molar-refractivity contribution in [3.05, 3.63) is 18.0 Å². The molecular weight excluding hydrogens is 122 g/mol. The van der Waals surface area contributed by atoms with Crippen LogP contribution in [0.15, 0.2) is 22.0 Å². The Morgan fingerprint density at radius 1 is 1.89 bits per heavy atom. The molecule has 0 aliphatic heterocycles. The van der Waals surface area contributed by atoms with Gasteiger partial charge in [-0.3, -0.25) is 0 Å². The Morgan fingerprint density at radius 2 is 2.67 bits per heavy atom. The zero-order chi connectivity index (χ0) is 6.69. The lowest BCUT2D eigenvalue weighted by Gasteiger charge is -1.84. The summed E-state index contributed by atoms with van der Waals surface area (Å²) in [5.74, 6) is -0.0521. The molecule has 0 aliphatic rings. The molecule has 0 bridgehead atoms. The van der Waals surface area contributed by atoms with Crippen LogP contribution >= 0.6 is 0 Å². The summed E-state index contributed by atoms with van der Waals surface area (Å²) in [6.45, 7) is 0. The first-order valence-corrected chi connectivity index (χ1v) is 2.23. The predicted octanol–water partition coefficient (Wildman–Crippen LogP) is -0.231. The zero-order valence-corrected chi connectivity index (χ0v) is 4.48. The number of hydrogen-bond donors (Lipinski definition) is 2. The molecule has 3 N–H and O–H groups in total. The average Bonchev–Trinajstić information content (AvgIpc) is 2.37. The molecule has 0 aromatic carbocycles. The topological polar surface area (TPSA) is 84.6 Å². The summed E-state index contributed by atoms with van der Waals surface area (Å²) in [5, 5.41) is 14.2. The highest BCUT2D eigenvalue weighted by Crippen LogP contribution is 1.91. The third kappa shape index (κ3) is 0.987. The summed E-state index contributed by atoms with van der Waals surface area (Å²) >= 11 is 0. The van der Waals surface area contributed by atoms with E-state index in [2.05, 4.69) is 14.8 Å². The SMILES string of the molecule is NC(=NO)c1ccon1. The van der Waals surface area contributed by atoms with E-state index in [9.17, 15) is 0 Å². The van der Waals surface area contributed by atoms with Crippen LogP contribution in [-0.4, -0.2) is 16.2 Å². The van der Waals surface area contributed by atoms with Crippen LogP contribution < -0.4 is 5.73 Å². The molecule has 0 aliphatic carbocycles. The van der Waals surface area contributed by atoms with Crippen molar-refractivity contribution in [2.24, 2.45) is 10.9 Å². The summed E-state index contributed by atoms with van der Waals surface area (Å²) in [6, 6.07) is 1.50. The molecule has 0 unspecified atom stereocenters. The van der Waals surface area contributed by atoms with Gasteiger partial charge in [-0.25, -0.2) is 0 Å². The van der Waals surface area contributed by atoms with Gasteiger partial charge in [-0.15, -0.1) is 0 Å². The van der Waals surface area contributed by atoms with E-state index in [0.717, 1.165) is 0 Å². The van der Waals surface area contributed by atoms with Crippen LogP contribution in [0.5, 0.6) is 0 Å². The molecule has 9 heavy (non-hydrogen) atoms. The Hall–Kier alpha value is -1.52. The molecule has 0 spiro atoms. The second-order valence-electron chi connectivity index (χ2n) is 1.37. The first-order valence-electron chi connectivity index (χ1n) is 2.23. The minimum atomic E-state index is -0.0521. The Bertz CT molecular complexity index is 204. The van der Waals surface area contributed by atoms with Gasteiger partial charge in [-0.1, -0.05) is 10.3 Å². The Morgan fingerprint density at radius 3 is 3.11 bits per heavy atom. The first-order chi connectivity index (χ1) is 4.34. The molecule has 5 heteroatoms. The summed E-state index contributed by atoms with van der Waals surface area (Å²) < 4.78 is 4.42. The van der Waals surface area contributed by atoms with E-state index < -0.39 is 0 Å². The highest BCUT2D eigenvalue weighted by molar-refractivity contribution is 5.94. The van der Waals surface area contributed by atoms with E-state index in [1.807, 2.05) is 0 Å². The smallest absolute Gasteiger partial charge is 0.192 e. The van der Waals surface area contributed by atoms with Crippen molar-refractivity contribution >= 4 is 5.84 Å². The number of aromatic nitrogens is 1. The Labute approximate surface area is 50.7 Å². The lowest BCUT2D eigenvalue weighted by Crippen LogP contribution is -2.12. The summed E-state index contributed by atoms with van der Waals surface area (Å²) in [7, 11) is 0. The lowest BCUT2D eigenvalue weighted by molar-refractivity contribution is 0.318. The van der Waals surface area contributed by atoms with Crippen molar-refractivity contribution in [1.82, 2.24) is 5.16 Å². The molecule has 0 saturated heterocycles. The van der Waals surface area contributed by atoms with Crippen LogP contribution in [0.25, 0.3) is 0 Å². The van der Waals surface area contributed by atoms with Crippen LogP contribution in [0.3, 0.4) is 0 Å². The van der Waals surface area contributed by atoms with Crippen LogP contribution in [0.4, 0.5) is 0 Å². The lowest BCUT2D eigenvalue weighted by atomic mass is 10.4. The molecule has 1 rings (SSSR count). The fraction of sp³-hybridized carbons (Fsp3) is 0. The molecule has 0 atom stereocenters. The van der Waals surface area contributed by atoms with Crippen molar-refractivity contribution in [3.8, 4) is 0 Å². The van der Waals surface area contributed by atoms with Gasteiger partial charge in [0, 0.05) is 6.07 Å². The maximum atomic E-state index is 8.09. The molecule has 48 valence electrons. The van der Waals surface area contributed by atoms with Crippen molar-refractivity contribution in [3.63, 3.8) is 0 Å². The van der Waals surface area contributed by atoms with Gasteiger partial charge >= 0.3 is 0 Å². The zero-order valence-electron chi connectivity index (χ0n) is 4.48. The minimum absolute atomic E-state index is 0.0521. The molecule has 0 saturated carbocycles. The van der Waals surface area contributed by atoms with E-state index in [1.54, 1.807) is 0 Å². The molecule has 0 fully saturated rings. The molecule has 1 aromatic heterocycles. The molecular formula is C4H5N3O2. The number of oxime groups is 1. The van der Waals surface area contributed by atoms with Crippen LogP contribution in [0.1, 0.15) is 5.69 Å². The highest BCUT2D eigenvalue weighted by atomic mass is 16.5. The van der Waals surface area contributed by atoms with E-state index in [4.69, 9.17) is 10.9 Å². The van der Waals surface area contributed by atoms with Gasteiger partial charge in [0.15, 0.2) is 11.5 Å². The monoisotopic (exact) mass is 127 g/mol. The molecule has 0 amide bonds. The predicted molar refractivity (Wildman–Crippen MR) is 29.0 cm³/mol. The maximum absolute atomic E-state index is 8.09. The minimum Gasteiger partial charge on any atom is -0.409 e. The van der Waals surface area contributed by atoms with E-state index in [-0.39, 0.29) is 5.84 Å². The normalized spacial score (nSPS) is 11.8. The third-order valence-electron chi connectivity index (χ3n) is 0.808. The Balaban J connectivity index is 2.90. The van der Waals surface area contributed by atoms with E-state index in [1.165, 1.54) is 12.3 Å². The van der Waals surface area contributed by atoms with Crippen molar-refractivity contribution < 1.29 is 9.73 Å². The second-order valence-corrected chi connectivity index (χ2v) is 1.37. The van der Waals surface area contributed by atoms with Crippen LogP contribution in [0.2, 0.25) is 0 Å². The van der Waals surface area contributed by atoms with Gasteiger partial charge in [-0.05, 0) is 0 Å². The molecule has 1 heterocycles. The van der Waals surface area contributed by atoms with Gasteiger partial charge in [0.1, 0.15) is 6.26 Å². The van der Waals surface area contributed by atoms with E-state index >= 15 is 0 Å². The van der Waals surface area contributed by atoms with Crippen molar-refractivity contribution in [2.75, 3.05) is 0 Å². The van der Waals surface area contributed by atoms with Crippen LogP contribution in [-0.2, 0) is 0 Å². The average molecular weight is 127 g/mol. The Kier molecular flexibility index (Phi) is 1.35. The molecule has 1 aromatic rings. The summed E-state index contributed by atoms with van der Waals surface area (Å²) in [5.41, 5.74) is 5.45. The van der Waals surface area contributed by atoms with Crippen molar-refractivity contribution in [1.29, 1.82) is 0 Å². The van der Waals surface area contributed by atoms with Gasteiger partial charge in [0.25, 0.3) is 0 Å². The maximum Gasteiger partial charge on any atom is 0.192 e. The van der Waals surface area contributed by atoms with Gasteiger partial charge < -0.3 is 15.5 Å². The fourth-order valence-electron chi connectivity index (χ4n) is 0.396. The highest BCUT2D eigenvalue weighted by Gasteiger charge is 1.99. The fourth-order valence-corrected chi connectivity index (χ4v) is 0.396. The number of nitrogens with zero attached hydrogens (tertiary/aromatic N) is 2. The largest absolute Gasteiger partial charge is 0.409 e. The quantitative estimate of drug-likeness (QED) is 0.236. The van der Waals surface area contributed by atoms with Crippen molar-refractivity contribution in [2.45, 2.75) is 0 Å². The standard InChI is InChI=1S/C4H5N3O2/c5-4(6-8)3-1-2-9-7-3/h1-2,8H,(H2,5,6). The molecule has 5 nitrogen and oxygen atoms in total. The van der Waals surface area contributed by atoms with Gasteiger partial charge in [-0.2, -0.15) is 0 Å².